The third-order valence-corrected chi connectivity index (χ3v) is 3.84. The molecule has 0 aliphatic heterocycles. The maximum atomic E-state index is 11.7. The van der Waals surface area contributed by atoms with Gasteiger partial charge in [0, 0.05) is 15.1 Å². The van der Waals surface area contributed by atoms with Crippen LogP contribution in [-0.4, -0.2) is 17.7 Å². The maximum Gasteiger partial charge on any atom is 0.279 e. The van der Waals surface area contributed by atoms with Crippen molar-refractivity contribution in [1.29, 1.82) is 0 Å². The zero-order valence-corrected chi connectivity index (χ0v) is 11.3. The van der Waals surface area contributed by atoms with Gasteiger partial charge in [-0.1, -0.05) is 17.7 Å². The summed E-state index contributed by atoms with van der Waals surface area (Å²) >= 11 is 12.6. The van der Waals surface area contributed by atoms with Gasteiger partial charge in [0.1, 0.15) is 5.88 Å². The lowest BCUT2D eigenvalue weighted by Gasteiger charge is -2.02. The number of nitrogens with one attached hydrogen (secondary N) is 2. The van der Waals surface area contributed by atoms with Crippen molar-refractivity contribution in [3.63, 3.8) is 0 Å². The molecule has 0 saturated carbocycles. The van der Waals surface area contributed by atoms with Crippen LogP contribution in [0.25, 0.3) is 10.1 Å². The largest absolute Gasteiger partial charge is 0.279 e. The number of rotatable bonds is 2. The first-order chi connectivity index (χ1) is 8.61. The van der Waals surface area contributed by atoms with E-state index in [2.05, 4.69) is 10.9 Å². The van der Waals surface area contributed by atoms with E-state index in [1.54, 1.807) is 12.1 Å². The molecule has 1 aromatic carbocycles. The van der Waals surface area contributed by atoms with Crippen LogP contribution in [0.15, 0.2) is 24.3 Å². The molecule has 7 heteroatoms. The molecule has 0 spiro atoms. The monoisotopic (exact) mass is 302 g/mol. The second-order valence-electron chi connectivity index (χ2n) is 3.40. The molecule has 18 heavy (non-hydrogen) atoms. The lowest BCUT2D eigenvalue weighted by molar-refractivity contribution is -0.119. The van der Waals surface area contributed by atoms with Crippen LogP contribution in [0.4, 0.5) is 0 Å². The molecule has 2 amide bonds. The van der Waals surface area contributed by atoms with E-state index < -0.39 is 11.8 Å². The van der Waals surface area contributed by atoms with Gasteiger partial charge in [-0.25, -0.2) is 0 Å². The minimum atomic E-state index is -0.468. The van der Waals surface area contributed by atoms with Gasteiger partial charge in [-0.05, 0) is 18.2 Å². The highest BCUT2D eigenvalue weighted by Crippen LogP contribution is 2.30. The van der Waals surface area contributed by atoms with Crippen molar-refractivity contribution in [2.24, 2.45) is 0 Å². The number of hydrogen-bond acceptors (Lipinski definition) is 3. The standard InChI is InChI=1S/C11H8Cl2N2O2S/c12-5-10(16)14-15-11(17)9-4-6-7(13)2-1-3-8(6)18-9/h1-4H,5H2,(H,14,16)(H,15,17). The fourth-order valence-electron chi connectivity index (χ4n) is 1.36. The van der Waals surface area contributed by atoms with Gasteiger partial charge in [-0.15, -0.1) is 22.9 Å². The number of carbonyl (C=O) groups excluding carboxylic acids is 2. The van der Waals surface area contributed by atoms with Gasteiger partial charge < -0.3 is 0 Å². The first-order valence-corrected chi connectivity index (χ1v) is 6.68. The molecule has 4 nitrogen and oxygen atoms in total. The lowest BCUT2D eigenvalue weighted by Crippen LogP contribution is -2.41. The van der Waals surface area contributed by atoms with E-state index in [1.807, 2.05) is 12.1 Å². The van der Waals surface area contributed by atoms with Crippen LogP contribution in [0.5, 0.6) is 0 Å². The summed E-state index contributed by atoms with van der Waals surface area (Å²) < 4.78 is 0.913. The van der Waals surface area contributed by atoms with Gasteiger partial charge in [0.15, 0.2) is 0 Å². The molecule has 2 aromatic rings. The number of hydrogen-bond donors (Lipinski definition) is 2. The summed E-state index contributed by atoms with van der Waals surface area (Å²) in [6.45, 7) is 0. The molecule has 0 saturated heterocycles. The number of carbonyl (C=O) groups is 2. The van der Waals surface area contributed by atoms with Gasteiger partial charge in [0.05, 0.1) is 4.88 Å². The Morgan fingerprint density at radius 2 is 2.06 bits per heavy atom. The van der Waals surface area contributed by atoms with Crippen molar-refractivity contribution in [1.82, 2.24) is 10.9 Å². The van der Waals surface area contributed by atoms with Crippen molar-refractivity contribution >= 4 is 56.4 Å². The zero-order valence-electron chi connectivity index (χ0n) is 9.00. The van der Waals surface area contributed by atoms with Crippen molar-refractivity contribution < 1.29 is 9.59 Å². The minimum Gasteiger partial charge on any atom is -0.272 e. The van der Waals surface area contributed by atoms with Crippen LogP contribution >= 0.6 is 34.5 Å². The molecule has 0 unspecified atom stereocenters. The first kappa shape index (κ1) is 13.1. The van der Waals surface area contributed by atoms with Crippen LogP contribution in [0.3, 0.4) is 0 Å². The van der Waals surface area contributed by atoms with Gasteiger partial charge in [0.25, 0.3) is 11.8 Å². The molecular weight excluding hydrogens is 295 g/mol. The number of alkyl halides is 1. The second-order valence-corrected chi connectivity index (χ2v) is 5.16. The Morgan fingerprint density at radius 1 is 1.28 bits per heavy atom. The van der Waals surface area contributed by atoms with E-state index in [-0.39, 0.29) is 5.88 Å². The number of hydrazine groups is 1. The molecule has 0 radical (unpaired) electrons. The second kappa shape index (κ2) is 5.56. The third-order valence-electron chi connectivity index (χ3n) is 2.17. The lowest BCUT2D eigenvalue weighted by atomic mass is 10.2. The summed E-state index contributed by atoms with van der Waals surface area (Å²) in [7, 11) is 0. The third kappa shape index (κ3) is 2.75. The summed E-state index contributed by atoms with van der Waals surface area (Å²) in [4.78, 5) is 23.1. The van der Waals surface area contributed by atoms with E-state index in [4.69, 9.17) is 23.2 Å². The molecule has 2 N–H and O–H groups in total. The van der Waals surface area contributed by atoms with Crippen LogP contribution in [0.2, 0.25) is 5.02 Å². The molecule has 1 heterocycles. The Balaban J connectivity index is 2.18. The molecular formula is C11H8Cl2N2O2S. The zero-order chi connectivity index (χ0) is 13.1. The Hall–Kier alpha value is -1.30. The number of benzene rings is 1. The van der Waals surface area contributed by atoms with Crippen LogP contribution in [0.1, 0.15) is 9.67 Å². The molecule has 0 fully saturated rings. The van der Waals surface area contributed by atoms with E-state index in [1.165, 1.54) is 11.3 Å². The molecule has 0 atom stereocenters. The van der Waals surface area contributed by atoms with Gasteiger partial charge >= 0.3 is 0 Å². The topological polar surface area (TPSA) is 58.2 Å². The predicted octanol–water partition coefficient (Wildman–Crippen LogP) is 2.55. The van der Waals surface area contributed by atoms with E-state index in [0.29, 0.717) is 9.90 Å². The summed E-state index contributed by atoms with van der Waals surface area (Å²) in [5, 5.41) is 1.41. The van der Waals surface area contributed by atoms with Crippen molar-refractivity contribution in [2.75, 3.05) is 5.88 Å². The van der Waals surface area contributed by atoms with Crippen LogP contribution in [-0.2, 0) is 4.79 Å². The fraction of sp³-hybridized carbons (Fsp3) is 0.0909. The fourth-order valence-corrected chi connectivity index (χ4v) is 2.69. The van der Waals surface area contributed by atoms with Crippen molar-refractivity contribution in [3.05, 3.63) is 34.2 Å². The Bertz CT molecular complexity index is 612. The van der Waals surface area contributed by atoms with Crippen molar-refractivity contribution in [3.8, 4) is 0 Å². The van der Waals surface area contributed by atoms with E-state index in [0.717, 1.165) is 10.1 Å². The molecule has 0 bridgehead atoms. The quantitative estimate of drug-likeness (QED) is 0.661. The predicted molar refractivity (Wildman–Crippen MR) is 73.2 cm³/mol. The Kier molecular flexibility index (Phi) is 4.06. The van der Waals surface area contributed by atoms with E-state index >= 15 is 0 Å². The van der Waals surface area contributed by atoms with Crippen LogP contribution < -0.4 is 10.9 Å². The summed E-state index contributed by atoms with van der Waals surface area (Å²) in [5.74, 6) is -1.08. The normalized spacial score (nSPS) is 10.3. The van der Waals surface area contributed by atoms with E-state index in [9.17, 15) is 9.59 Å². The smallest absolute Gasteiger partial charge is 0.272 e. The van der Waals surface area contributed by atoms with Gasteiger partial charge in [-0.2, -0.15) is 0 Å². The minimum absolute atomic E-state index is 0.210. The number of thiophene rings is 1. The molecule has 2 rings (SSSR count). The average Bonchev–Trinajstić information content (AvgIpc) is 2.81. The summed E-state index contributed by atoms with van der Waals surface area (Å²) in [6.07, 6.45) is 0. The molecule has 0 aliphatic carbocycles. The number of fused-ring (bicyclic) bond motifs is 1. The SMILES string of the molecule is O=C(CCl)NNC(=O)c1cc2c(Cl)cccc2s1. The maximum absolute atomic E-state index is 11.7. The molecule has 94 valence electrons. The highest BCUT2D eigenvalue weighted by Gasteiger charge is 2.12. The number of halogens is 2. The van der Waals surface area contributed by atoms with Crippen LogP contribution in [0, 0.1) is 0 Å². The molecule has 0 aliphatic rings. The Morgan fingerprint density at radius 3 is 2.72 bits per heavy atom. The summed E-state index contributed by atoms with van der Waals surface area (Å²) in [6, 6.07) is 7.14. The average molecular weight is 303 g/mol. The summed E-state index contributed by atoms with van der Waals surface area (Å²) in [5.41, 5.74) is 4.47. The highest BCUT2D eigenvalue weighted by molar-refractivity contribution is 7.20. The number of amides is 2. The van der Waals surface area contributed by atoms with Gasteiger partial charge in [0.2, 0.25) is 0 Å². The van der Waals surface area contributed by atoms with Gasteiger partial charge in [-0.3, -0.25) is 20.4 Å². The highest BCUT2D eigenvalue weighted by atomic mass is 35.5. The molecule has 1 aromatic heterocycles. The first-order valence-electron chi connectivity index (χ1n) is 4.95. The van der Waals surface area contributed by atoms with Crippen molar-refractivity contribution in [2.45, 2.75) is 0 Å². The Labute approximate surface area is 117 Å².